The molecule has 0 aliphatic carbocycles. The molecule has 1 fully saturated rings. The van der Waals surface area contributed by atoms with Gasteiger partial charge in [0.15, 0.2) is 0 Å². The lowest BCUT2D eigenvalue weighted by Crippen LogP contribution is -2.44. The topological polar surface area (TPSA) is 113 Å². The zero-order valence-corrected chi connectivity index (χ0v) is 15.2. The van der Waals surface area contributed by atoms with Crippen LogP contribution >= 0.6 is 0 Å². The minimum Gasteiger partial charge on any atom is -0.480 e. The van der Waals surface area contributed by atoms with E-state index < -0.39 is 29.7 Å². The first-order valence-electron chi connectivity index (χ1n) is 8.95. The highest BCUT2D eigenvalue weighted by atomic mass is 16.5. The Balaban J connectivity index is 1.78. The molecule has 2 aliphatic heterocycles. The molecular formula is C19H22N2O6. The van der Waals surface area contributed by atoms with Gasteiger partial charge < -0.3 is 15.2 Å². The summed E-state index contributed by atoms with van der Waals surface area (Å²) in [4.78, 5) is 50.0. The summed E-state index contributed by atoms with van der Waals surface area (Å²) in [6.45, 7) is 4.20. The summed E-state index contributed by atoms with van der Waals surface area (Å²) in [6.07, 6.45) is 1.54. The van der Waals surface area contributed by atoms with Gasteiger partial charge in [0.1, 0.15) is 6.04 Å². The molecule has 0 radical (unpaired) electrons. The van der Waals surface area contributed by atoms with Crippen molar-refractivity contribution in [3.05, 3.63) is 34.9 Å². The van der Waals surface area contributed by atoms with Gasteiger partial charge in [-0.15, -0.1) is 0 Å². The highest BCUT2D eigenvalue weighted by Gasteiger charge is 2.38. The van der Waals surface area contributed by atoms with Crippen LogP contribution in [0.1, 0.15) is 57.8 Å². The predicted octanol–water partition coefficient (Wildman–Crippen LogP) is 1.30. The number of ether oxygens (including phenoxy) is 1. The summed E-state index contributed by atoms with van der Waals surface area (Å²) >= 11 is 0. The van der Waals surface area contributed by atoms with Crippen molar-refractivity contribution >= 4 is 23.7 Å². The lowest BCUT2D eigenvalue weighted by molar-refractivity contribution is -0.140. The van der Waals surface area contributed by atoms with Crippen LogP contribution < -0.4 is 5.32 Å². The third kappa shape index (κ3) is 3.71. The lowest BCUT2D eigenvalue weighted by Gasteiger charge is -2.18. The number of carboxylic acid groups (broad SMARTS) is 1. The maximum absolute atomic E-state index is 12.6. The van der Waals surface area contributed by atoms with E-state index in [4.69, 9.17) is 4.74 Å². The number of rotatable bonds is 6. The van der Waals surface area contributed by atoms with Crippen LogP contribution in [0.5, 0.6) is 0 Å². The van der Waals surface area contributed by atoms with Gasteiger partial charge >= 0.3 is 5.97 Å². The fourth-order valence-corrected chi connectivity index (χ4v) is 3.33. The molecule has 2 aliphatic rings. The average molecular weight is 374 g/mol. The van der Waals surface area contributed by atoms with Gasteiger partial charge in [-0.25, -0.2) is 4.79 Å². The molecule has 144 valence electrons. The van der Waals surface area contributed by atoms with E-state index >= 15 is 0 Å². The maximum Gasteiger partial charge on any atom is 0.326 e. The van der Waals surface area contributed by atoms with E-state index in [2.05, 4.69) is 5.32 Å². The van der Waals surface area contributed by atoms with Gasteiger partial charge in [-0.1, -0.05) is 13.8 Å². The van der Waals surface area contributed by atoms with Gasteiger partial charge in [-0.3, -0.25) is 19.3 Å². The van der Waals surface area contributed by atoms with Crippen molar-refractivity contribution in [2.75, 3.05) is 13.2 Å². The molecule has 2 heterocycles. The van der Waals surface area contributed by atoms with Crippen LogP contribution in [0, 0.1) is 5.92 Å². The van der Waals surface area contributed by atoms with Crippen molar-refractivity contribution in [2.24, 2.45) is 5.92 Å². The van der Waals surface area contributed by atoms with Gasteiger partial charge in [0.25, 0.3) is 17.7 Å². The van der Waals surface area contributed by atoms with Gasteiger partial charge in [0, 0.05) is 12.2 Å². The fraction of sp³-hybridized carbons (Fsp3) is 0.474. The van der Waals surface area contributed by atoms with Crippen molar-refractivity contribution in [1.29, 1.82) is 0 Å². The smallest absolute Gasteiger partial charge is 0.326 e. The maximum atomic E-state index is 12.6. The molecule has 8 nitrogen and oxygen atoms in total. The highest BCUT2D eigenvalue weighted by Crippen LogP contribution is 2.26. The number of amides is 3. The molecule has 2 unspecified atom stereocenters. The minimum absolute atomic E-state index is 0.140. The molecule has 27 heavy (non-hydrogen) atoms. The van der Waals surface area contributed by atoms with Gasteiger partial charge in [-0.05, 0) is 37.0 Å². The molecule has 2 N–H and O–H groups in total. The Morgan fingerprint density at radius 3 is 2.56 bits per heavy atom. The molecule has 1 aromatic rings. The fourth-order valence-electron chi connectivity index (χ4n) is 3.33. The normalized spacial score (nSPS) is 20.1. The van der Waals surface area contributed by atoms with Crippen LogP contribution in [0.25, 0.3) is 0 Å². The Bertz CT molecular complexity index is 797. The van der Waals surface area contributed by atoms with E-state index in [1.54, 1.807) is 13.8 Å². The number of fused-ring (bicyclic) bond motifs is 1. The number of hydrogen-bond donors (Lipinski definition) is 2. The summed E-state index contributed by atoms with van der Waals surface area (Å²) in [6, 6.07) is 3.16. The van der Waals surface area contributed by atoms with Crippen molar-refractivity contribution in [2.45, 2.75) is 38.8 Å². The zero-order valence-electron chi connectivity index (χ0n) is 15.2. The Morgan fingerprint density at radius 2 is 1.96 bits per heavy atom. The number of carboxylic acids is 1. The molecule has 1 aromatic carbocycles. The number of imide groups is 1. The number of nitrogens with one attached hydrogen (secondary N) is 1. The summed E-state index contributed by atoms with van der Waals surface area (Å²) in [7, 11) is 0. The second-order valence-electron chi connectivity index (χ2n) is 7.15. The van der Waals surface area contributed by atoms with Crippen molar-refractivity contribution in [3.8, 4) is 0 Å². The molecule has 0 spiro atoms. The molecule has 0 aromatic heterocycles. The number of carbonyl (C=O) groups is 4. The van der Waals surface area contributed by atoms with E-state index in [1.165, 1.54) is 18.2 Å². The third-order valence-corrected chi connectivity index (χ3v) is 4.86. The van der Waals surface area contributed by atoms with E-state index in [-0.39, 0.29) is 35.3 Å². The average Bonchev–Trinajstić information content (AvgIpc) is 3.22. The molecular weight excluding hydrogens is 352 g/mol. The number of carbonyl (C=O) groups excluding carboxylic acids is 3. The van der Waals surface area contributed by atoms with Crippen molar-refractivity contribution in [1.82, 2.24) is 10.2 Å². The Hall–Kier alpha value is -2.74. The predicted molar refractivity (Wildman–Crippen MR) is 94.5 cm³/mol. The molecule has 1 saturated heterocycles. The molecule has 0 bridgehead atoms. The summed E-state index contributed by atoms with van der Waals surface area (Å²) in [5.74, 6) is -2.89. The number of benzene rings is 1. The standard InChI is InChI=1S/C19H22N2O6/c1-10(2)15(19(25)26)20-16(22)11-5-6-13-14(8-11)18(24)21(17(13)23)9-12-4-3-7-27-12/h5-6,8,10,12,15H,3-4,7,9H2,1-2H3,(H,20,22)(H,25,26). The molecule has 8 heteroatoms. The van der Waals surface area contributed by atoms with Gasteiger partial charge in [0.2, 0.25) is 0 Å². The van der Waals surface area contributed by atoms with Crippen LogP contribution in [-0.2, 0) is 9.53 Å². The highest BCUT2D eigenvalue weighted by molar-refractivity contribution is 6.22. The molecule has 3 rings (SSSR count). The van der Waals surface area contributed by atoms with Gasteiger partial charge in [0.05, 0.1) is 23.8 Å². The van der Waals surface area contributed by atoms with Crippen LogP contribution in [0.4, 0.5) is 0 Å². The Labute approximate surface area is 156 Å². The number of aliphatic carboxylic acids is 1. The Morgan fingerprint density at radius 1 is 1.26 bits per heavy atom. The zero-order chi connectivity index (χ0) is 19.7. The molecule has 3 amide bonds. The van der Waals surface area contributed by atoms with Crippen molar-refractivity contribution in [3.63, 3.8) is 0 Å². The van der Waals surface area contributed by atoms with E-state index in [9.17, 15) is 24.3 Å². The lowest BCUT2D eigenvalue weighted by atomic mass is 10.0. The van der Waals surface area contributed by atoms with Crippen LogP contribution in [0.2, 0.25) is 0 Å². The second-order valence-corrected chi connectivity index (χ2v) is 7.15. The Kier molecular flexibility index (Phi) is 5.27. The molecule has 0 saturated carbocycles. The van der Waals surface area contributed by atoms with Crippen LogP contribution in [0.3, 0.4) is 0 Å². The number of hydrogen-bond acceptors (Lipinski definition) is 5. The van der Waals surface area contributed by atoms with Crippen LogP contribution in [-0.4, -0.2) is 59.0 Å². The first-order valence-corrected chi connectivity index (χ1v) is 8.95. The van der Waals surface area contributed by atoms with E-state index in [1.807, 2.05) is 0 Å². The first kappa shape index (κ1) is 19.0. The summed E-state index contributed by atoms with van der Waals surface area (Å²) < 4.78 is 5.50. The third-order valence-electron chi connectivity index (χ3n) is 4.86. The largest absolute Gasteiger partial charge is 0.480 e. The monoisotopic (exact) mass is 374 g/mol. The van der Waals surface area contributed by atoms with Gasteiger partial charge in [-0.2, -0.15) is 0 Å². The minimum atomic E-state index is -1.13. The summed E-state index contributed by atoms with van der Waals surface area (Å²) in [5, 5.41) is 11.7. The van der Waals surface area contributed by atoms with E-state index in [0.717, 1.165) is 17.7 Å². The van der Waals surface area contributed by atoms with Crippen LogP contribution in [0.15, 0.2) is 18.2 Å². The number of nitrogens with zero attached hydrogens (tertiary/aromatic N) is 1. The molecule has 2 atom stereocenters. The first-order chi connectivity index (χ1) is 12.8. The quantitative estimate of drug-likeness (QED) is 0.726. The summed E-state index contributed by atoms with van der Waals surface area (Å²) in [5.41, 5.74) is 0.538. The van der Waals surface area contributed by atoms with E-state index in [0.29, 0.717) is 6.61 Å². The van der Waals surface area contributed by atoms with Crippen molar-refractivity contribution < 1.29 is 29.0 Å². The SMILES string of the molecule is CC(C)C(NC(=O)c1ccc2c(c1)C(=O)N(CC1CCCO1)C2=O)C(=O)O. The second kappa shape index (κ2) is 7.48.